The maximum Gasteiger partial charge on any atom is 0.0561 e. The molecule has 0 aliphatic heterocycles. The second-order valence-electron chi connectivity index (χ2n) is 14.7. The Kier molecular flexibility index (Phi) is 7.73. The Morgan fingerprint density at radius 1 is 0.537 bits per heavy atom. The molecule has 2 aliphatic rings. The monoisotopic (exact) mass is 694 g/mol. The Balaban J connectivity index is 1.10. The molecule has 0 N–H and O–H groups in total. The number of allylic oxidation sites excluding steroid dienone is 2. The minimum absolute atomic E-state index is 0.0851. The molecule has 1 heterocycles. The van der Waals surface area contributed by atoms with E-state index in [4.69, 9.17) is 0 Å². The van der Waals surface area contributed by atoms with Crippen molar-refractivity contribution in [2.75, 3.05) is 4.90 Å². The highest BCUT2D eigenvalue weighted by atomic mass is 15.1. The Bertz CT molecular complexity index is 2760. The summed E-state index contributed by atoms with van der Waals surface area (Å²) < 4.78 is 2.40. The lowest BCUT2D eigenvalue weighted by atomic mass is 9.74. The average molecular weight is 695 g/mol. The lowest BCUT2D eigenvalue weighted by Gasteiger charge is -2.29. The summed E-state index contributed by atoms with van der Waals surface area (Å²) in [6.45, 7) is 4.68. The second-order valence-corrected chi connectivity index (χ2v) is 14.7. The molecule has 0 saturated heterocycles. The first-order valence-electron chi connectivity index (χ1n) is 19.4. The van der Waals surface area contributed by atoms with Crippen LogP contribution in [0.2, 0.25) is 0 Å². The molecule has 54 heavy (non-hydrogen) atoms. The fourth-order valence-electron chi connectivity index (χ4n) is 9.37. The molecule has 10 rings (SSSR count). The molecule has 0 unspecified atom stereocenters. The number of hydrogen-bond acceptors (Lipinski definition) is 1. The van der Waals surface area contributed by atoms with Crippen LogP contribution in [0.5, 0.6) is 0 Å². The van der Waals surface area contributed by atoms with E-state index in [-0.39, 0.29) is 5.41 Å². The molecular formula is C52H42N2. The Morgan fingerprint density at radius 3 is 2.07 bits per heavy atom. The van der Waals surface area contributed by atoms with Gasteiger partial charge in [-0.05, 0) is 118 Å². The molecule has 0 amide bonds. The van der Waals surface area contributed by atoms with Gasteiger partial charge in [0.15, 0.2) is 0 Å². The molecule has 0 atom stereocenters. The summed E-state index contributed by atoms with van der Waals surface area (Å²) in [4.78, 5) is 2.42. The first kappa shape index (κ1) is 32.3. The third kappa shape index (κ3) is 5.01. The summed E-state index contributed by atoms with van der Waals surface area (Å²) in [5.41, 5.74) is 17.9. The van der Waals surface area contributed by atoms with Crippen LogP contribution in [-0.4, -0.2) is 4.57 Å². The molecular weight excluding hydrogens is 653 g/mol. The average Bonchev–Trinajstić information content (AvgIpc) is 3.61. The normalized spacial score (nSPS) is 14.0. The second kappa shape index (κ2) is 12.9. The Labute approximate surface area is 318 Å². The van der Waals surface area contributed by atoms with Crippen LogP contribution in [0.3, 0.4) is 0 Å². The van der Waals surface area contributed by atoms with Gasteiger partial charge in [0.25, 0.3) is 0 Å². The van der Waals surface area contributed by atoms with Crippen LogP contribution in [0, 0.1) is 0 Å². The van der Waals surface area contributed by atoms with E-state index < -0.39 is 0 Å². The van der Waals surface area contributed by atoms with Crippen LogP contribution >= 0.6 is 0 Å². The van der Waals surface area contributed by atoms with Gasteiger partial charge >= 0.3 is 0 Å². The predicted molar refractivity (Wildman–Crippen MR) is 229 cm³/mol. The van der Waals surface area contributed by atoms with Crippen molar-refractivity contribution < 1.29 is 0 Å². The fourth-order valence-corrected chi connectivity index (χ4v) is 9.37. The molecule has 1 aromatic heterocycles. The number of para-hydroxylation sites is 2. The molecule has 260 valence electrons. The highest BCUT2D eigenvalue weighted by Crippen LogP contribution is 2.53. The molecule has 7 aromatic carbocycles. The summed E-state index contributed by atoms with van der Waals surface area (Å²) in [6, 6.07) is 60.5. The zero-order valence-electron chi connectivity index (χ0n) is 30.8. The zero-order chi connectivity index (χ0) is 36.2. The standard InChI is InChI=1S/C52H42N2/c1-3-52(4-2)48-20-12-10-18-44(48)47-34-39(26-33-49(47)52)38-24-29-42(30-25-38)53(41-27-22-36-14-8-9-15-37(36)23-28-41)43-31-32-46-45-19-11-13-21-50(45)54(51(46)35-43)40-16-6-5-7-17-40/h5-22,24-35H,3-4,23H2,1-2H3. The quantitative estimate of drug-likeness (QED) is 0.161. The molecule has 2 nitrogen and oxygen atoms in total. The van der Waals surface area contributed by atoms with E-state index in [9.17, 15) is 0 Å². The molecule has 0 spiro atoms. The molecule has 0 saturated carbocycles. The minimum atomic E-state index is 0.0851. The Morgan fingerprint density at radius 2 is 1.22 bits per heavy atom. The van der Waals surface area contributed by atoms with Crippen LogP contribution in [0.4, 0.5) is 11.4 Å². The summed E-state index contributed by atoms with van der Waals surface area (Å²) in [7, 11) is 0. The molecule has 2 aliphatic carbocycles. The number of benzene rings is 7. The van der Waals surface area contributed by atoms with Gasteiger partial charge in [-0.3, -0.25) is 0 Å². The maximum atomic E-state index is 2.43. The van der Waals surface area contributed by atoms with E-state index in [0.29, 0.717) is 0 Å². The Hall–Kier alpha value is -6.38. The number of aromatic nitrogens is 1. The van der Waals surface area contributed by atoms with Crippen molar-refractivity contribution in [3.8, 4) is 27.9 Å². The van der Waals surface area contributed by atoms with E-state index in [1.807, 2.05) is 0 Å². The smallest absolute Gasteiger partial charge is 0.0561 e. The molecule has 2 heteroatoms. The van der Waals surface area contributed by atoms with Gasteiger partial charge in [0.1, 0.15) is 0 Å². The summed E-state index contributed by atoms with van der Waals surface area (Å²) in [6.07, 6.45) is 9.99. The van der Waals surface area contributed by atoms with Gasteiger partial charge in [-0.1, -0.05) is 141 Å². The number of anilines is 2. The van der Waals surface area contributed by atoms with Crippen molar-refractivity contribution in [2.45, 2.75) is 38.5 Å². The third-order valence-electron chi connectivity index (χ3n) is 12.1. The molecule has 0 radical (unpaired) electrons. The van der Waals surface area contributed by atoms with Crippen LogP contribution in [-0.2, 0) is 11.8 Å². The van der Waals surface area contributed by atoms with E-state index in [1.54, 1.807) is 0 Å². The third-order valence-corrected chi connectivity index (χ3v) is 12.1. The fraction of sp³-hybridized carbons (Fsp3) is 0.115. The highest BCUT2D eigenvalue weighted by molar-refractivity contribution is 6.10. The van der Waals surface area contributed by atoms with Crippen LogP contribution < -0.4 is 4.90 Å². The van der Waals surface area contributed by atoms with E-state index in [1.165, 1.54) is 66.3 Å². The van der Waals surface area contributed by atoms with Crippen molar-refractivity contribution in [2.24, 2.45) is 0 Å². The molecule has 0 fully saturated rings. The van der Waals surface area contributed by atoms with Gasteiger partial charge in [0, 0.05) is 38.9 Å². The van der Waals surface area contributed by atoms with Crippen molar-refractivity contribution in [3.05, 3.63) is 204 Å². The van der Waals surface area contributed by atoms with E-state index in [2.05, 4.69) is 205 Å². The van der Waals surface area contributed by atoms with Crippen LogP contribution in [0.25, 0.3) is 55.8 Å². The maximum absolute atomic E-state index is 2.43. The largest absolute Gasteiger partial charge is 0.311 e. The predicted octanol–water partition coefficient (Wildman–Crippen LogP) is 13.8. The molecule has 8 aromatic rings. The number of rotatable bonds is 7. The van der Waals surface area contributed by atoms with Gasteiger partial charge < -0.3 is 9.47 Å². The minimum Gasteiger partial charge on any atom is -0.311 e. The van der Waals surface area contributed by atoms with Gasteiger partial charge in [0.2, 0.25) is 0 Å². The van der Waals surface area contributed by atoms with Crippen molar-refractivity contribution in [1.82, 2.24) is 4.57 Å². The topological polar surface area (TPSA) is 8.17 Å². The van der Waals surface area contributed by atoms with Gasteiger partial charge in [-0.2, -0.15) is 0 Å². The van der Waals surface area contributed by atoms with Crippen molar-refractivity contribution >= 4 is 39.3 Å². The van der Waals surface area contributed by atoms with Gasteiger partial charge in [-0.25, -0.2) is 0 Å². The van der Waals surface area contributed by atoms with E-state index in [0.717, 1.165) is 42.0 Å². The van der Waals surface area contributed by atoms with Gasteiger partial charge in [-0.15, -0.1) is 0 Å². The van der Waals surface area contributed by atoms with Gasteiger partial charge in [0.05, 0.1) is 11.0 Å². The number of fused-ring (bicyclic) bond motifs is 7. The number of nitrogens with zero attached hydrogens (tertiary/aromatic N) is 2. The highest BCUT2D eigenvalue weighted by Gasteiger charge is 2.40. The number of hydrogen-bond donors (Lipinski definition) is 0. The van der Waals surface area contributed by atoms with Crippen LogP contribution in [0.15, 0.2) is 182 Å². The molecule has 0 bridgehead atoms. The lowest BCUT2D eigenvalue weighted by Crippen LogP contribution is -2.22. The first-order valence-corrected chi connectivity index (χ1v) is 19.4. The van der Waals surface area contributed by atoms with Crippen LogP contribution in [0.1, 0.15) is 48.9 Å². The van der Waals surface area contributed by atoms with Crippen molar-refractivity contribution in [1.29, 1.82) is 0 Å². The summed E-state index contributed by atoms with van der Waals surface area (Å²) >= 11 is 0. The summed E-state index contributed by atoms with van der Waals surface area (Å²) in [5.74, 6) is 0. The van der Waals surface area contributed by atoms with E-state index >= 15 is 0 Å². The summed E-state index contributed by atoms with van der Waals surface area (Å²) in [5, 5.41) is 2.51. The SMILES string of the molecule is CCC1(CC)c2ccccc2-c2cc(-c3ccc(N(C4=CCc5ccccc5C=C4)c4ccc5c6ccccc6n(-c6ccccc6)c5c4)cc3)ccc21. The van der Waals surface area contributed by atoms with Crippen molar-refractivity contribution in [3.63, 3.8) is 0 Å². The lowest BCUT2D eigenvalue weighted by molar-refractivity contribution is 0.490. The first-order chi connectivity index (χ1) is 26.7. The zero-order valence-corrected chi connectivity index (χ0v) is 30.8.